The molecule has 0 saturated heterocycles. The molecule has 0 saturated carbocycles. The third-order valence-corrected chi connectivity index (χ3v) is 2.32. The van der Waals surface area contributed by atoms with Crippen LogP contribution in [0.2, 0.25) is 5.15 Å². The second-order valence-electron chi connectivity index (χ2n) is 3.25. The number of carboxylic acids is 1. The lowest BCUT2D eigenvalue weighted by Gasteiger charge is -1.94. The molecular formula is C10H8ClN3O3. The van der Waals surface area contributed by atoms with E-state index in [0.717, 1.165) is 0 Å². The Morgan fingerprint density at radius 2 is 2.35 bits per heavy atom. The van der Waals surface area contributed by atoms with Crippen LogP contribution in [0.25, 0.3) is 11.4 Å². The normalized spacial score (nSPS) is 10.4. The molecule has 2 heterocycles. The molecular weight excluding hydrogens is 246 g/mol. The van der Waals surface area contributed by atoms with E-state index in [1.165, 1.54) is 0 Å². The molecule has 2 rings (SSSR count). The van der Waals surface area contributed by atoms with Gasteiger partial charge in [-0.1, -0.05) is 16.8 Å². The number of aryl methyl sites for hydroxylation is 1. The average Bonchev–Trinajstić information content (AvgIpc) is 2.75. The van der Waals surface area contributed by atoms with E-state index < -0.39 is 5.97 Å². The first-order chi connectivity index (χ1) is 8.16. The van der Waals surface area contributed by atoms with Gasteiger partial charge in [-0.15, -0.1) is 0 Å². The maximum Gasteiger partial charge on any atom is 0.303 e. The molecule has 0 atom stereocenters. The zero-order valence-electron chi connectivity index (χ0n) is 8.63. The van der Waals surface area contributed by atoms with Gasteiger partial charge in [-0.25, -0.2) is 4.98 Å². The summed E-state index contributed by atoms with van der Waals surface area (Å²) in [4.78, 5) is 18.3. The summed E-state index contributed by atoms with van der Waals surface area (Å²) in [6.45, 7) is 0. The SMILES string of the molecule is O=C(O)CCc1nc(-c2cccnc2Cl)no1. The Hall–Kier alpha value is -1.95. The molecule has 0 bridgehead atoms. The van der Waals surface area contributed by atoms with Crippen LogP contribution in [0.5, 0.6) is 0 Å². The maximum absolute atomic E-state index is 10.4. The molecule has 0 aliphatic carbocycles. The van der Waals surface area contributed by atoms with Crippen molar-refractivity contribution < 1.29 is 14.4 Å². The highest BCUT2D eigenvalue weighted by molar-refractivity contribution is 6.31. The molecule has 88 valence electrons. The van der Waals surface area contributed by atoms with Crippen molar-refractivity contribution in [2.45, 2.75) is 12.8 Å². The molecule has 17 heavy (non-hydrogen) atoms. The summed E-state index contributed by atoms with van der Waals surface area (Å²) < 4.78 is 4.91. The standard InChI is InChI=1S/C10H8ClN3O3/c11-9-6(2-1-5-12-9)10-13-7(17-14-10)3-4-8(15)16/h1-2,5H,3-4H2,(H,15,16). The minimum Gasteiger partial charge on any atom is -0.481 e. The number of nitrogens with zero attached hydrogens (tertiary/aromatic N) is 3. The third-order valence-electron chi connectivity index (χ3n) is 2.02. The van der Waals surface area contributed by atoms with Crippen molar-refractivity contribution in [3.05, 3.63) is 29.4 Å². The fourth-order valence-electron chi connectivity index (χ4n) is 1.23. The lowest BCUT2D eigenvalue weighted by Crippen LogP contribution is -1.97. The lowest BCUT2D eigenvalue weighted by molar-refractivity contribution is -0.137. The maximum atomic E-state index is 10.4. The molecule has 0 unspecified atom stereocenters. The number of rotatable bonds is 4. The van der Waals surface area contributed by atoms with E-state index in [1.807, 2.05) is 0 Å². The highest BCUT2D eigenvalue weighted by Crippen LogP contribution is 2.22. The molecule has 2 aromatic rings. The largest absolute Gasteiger partial charge is 0.481 e. The Kier molecular flexibility index (Phi) is 3.34. The van der Waals surface area contributed by atoms with Crippen LogP contribution in [0, 0.1) is 0 Å². The van der Waals surface area contributed by atoms with E-state index in [-0.39, 0.29) is 23.9 Å². The number of carbonyl (C=O) groups is 1. The van der Waals surface area contributed by atoms with Crippen LogP contribution in [0.1, 0.15) is 12.3 Å². The van der Waals surface area contributed by atoms with Crippen molar-refractivity contribution in [2.75, 3.05) is 0 Å². The van der Waals surface area contributed by atoms with E-state index in [9.17, 15) is 4.79 Å². The van der Waals surface area contributed by atoms with Crippen molar-refractivity contribution in [2.24, 2.45) is 0 Å². The fraction of sp³-hybridized carbons (Fsp3) is 0.200. The average molecular weight is 254 g/mol. The monoisotopic (exact) mass is 253 g/mol. The Balaban J connectivity index is 2.18. The second-order valence-corrected chi connectivity index (χ2v) is 3.61. The zero-order valence-corrected chi connectivity index (χ0v) is 9.39. The summed E-state index contributed by atoms with van der Waals surface area (Å²) in [5.41, 5.74) is 0.555. The Bertz CT molecular complexity index is 541. The van der Waals surface area contributed by atoms with Crippen molar-refractivity contribution in [1.29, 1.82) is 0 Å². The van der Waals surface area contributed by atoms with E-state index in [4.69, 9.17) is 21.2 Å². The van der Waals surface area contributed by atoms with Crippen molar-refractivity contribution in [3.63, 3.8) is 0 Å². The number of aliphatic carboxylic acids is 1. The van der Waals surface area contributed by atoms with Gasteiger partial charge in [-0.05, 0) is 12.1 Å². The van der Waals surface area contributed by atoms with Gasteiger partial charge in [-0.2, -0.15) is 4.98 Å². The summed E-state index contributed by atoms with van der Waals surface area (Å²) in [7, 11) is 0. The quantitative estimate of drug-likeness (QED) is 0.836. The van der Waals surface area contributed by atoms with Crippen LogP contribution in [0.15, 0.2) is 22.9 Å². The smallest absolute Gasteiger partial charge is 0.303 e. The summed E-state index contributed by atoms with van der Waals surface area (Å²) >= 11 is 5.87. The summed E-state index contributed by atoms with van der Waals surface area (Å²) in [6.07, 6.45) is 1.69. The van der Waals surface area contributed by atoms with Gasteiger partial charge in [0.25, 0.3) is 0 Å². The van der Waals surface area contributed by atoms with Crippen LogP contribution in [0.4, 0.5) is 0 Å². The molecule has 2 aromatic heterocycles. The van der Waals surface area contributed by atoms with E-state index in [2.05, 4.69) is 15.1 Å². The van der Waals surface area contributed by atoms with Gasteiger partial charge < -0.3 is 9.63 Å². The molecule has 0 fully saturated rings. The first-order valence-electron chi connectivity index (χ1n) is 4.82. The predicted octanol–water partition coefficient (Wildman–Crippen LogP) is 1.80. The molecule has 0 spiro atoms. The summed E-state index contributed by atoms with van der Waals surface area (Å²) in [5.74, 6) is -0.338. The molecule has 0 amide bonds. The molecule has 0 aliphatic heterocycles. The van der Waals surface area contributed by atoms with Gasteiger partial charge in [0.2, 0.25) is 11.7 Å². The number of carboxylic acid groups (broad SMARTS) is 1. The molecule has 0 radical (unpaired) electrons. The predicted molar refractivity (Wildman–Crippen MR) is 58.5 cm³/mol. The van der Waals surface area contributed by atoms with Gasteiger partial charge in [0.1, 0.15) is 5.15 Å². The third kappa shape index (κ3) is 2.79. The number of halogens is 1. The topological polar surface area (TPSA) is 89.1 Å². The fourth-order valence-corrected chi connectivity index (χ4v) is 1.44. The van der Waals surface area contributed by atoms with E-state index in [1.54, 1.807) is 18.3 Å². The van der Waals surface area contributed by atoms with Gasteiger partial charge in [-0.3, -0.25) is 4.79 Å². The van der Waals surface area contributed by atoms with Gasteiger partial charge in [0, 0.05) is 12.6 Å². The zero-order chi connectivity index (χ0) is 12.3. The first-order valence-corrected chi connectivity index (χ1v) is 5.20. The number of aromatic nitrogens is 3. The first kappa shape index (κ1) is 11.5. The highest BCUT2D eigenvalue weighted by atomic mass is 35.5. The molecule has 7 heteroatoms. The minimum absolute atomic E-state index is 0.0532. The summed E-state index contributed by atoms with van der Waals surface area (Å²) in [5, 5.41) is 12.5. The number of hydrogen-bond acceptors (Lipinski definition) is 5. The lowest BCUT2D eigenvalue weighted by atomic mass is 10.2. The number of hydrogen-bond donors (Lipinski definition) is 1. The highest BCUT2D eigenvalue weighted by Gasteiger charge is 2.12. The van der Waals surface area contributed by atoms with Crippen LogP contribution in [0.3, 0.4) is 0 Å². The van der Waals surface area contributed by atoms with Crippen LogP contribution in [-0.4, -0.2) is 26.2 Å². The molecule has 6 nitrogen and oxygen atoms in total. The van der Waals surface area contributed by atoms with Crippen LogP contribution in [-0.2, 0) is 11.2 Å². The van der Waals surface area contributed by atoms with Gasteiger partial charge in [0.05, 0.1) is 12.0 Å². The van der Waals surface area contributed by atoms with Gasteiger partial charge in [0.15, 0.2) is 0 Å². The van der Waals surface area contributed by atoms with Crippen molar-refractivity contribution in [3.8, 4) is 11.4 Å². The Labute approximate surface area is 101 Å². The van der Waals surface area contributed by atoms with Crippen LogP contribution >= 0.6 is 11.6 Å². The van der Waals surface area contributed by atoms with Gasteiger partial charge >= 0.3 is 5.97 Å². The molecule has 0 aromatic carbocycles. The minimum atomic E-state index is -0.913. The molecule has 1 N–H and O–H groups in total. The Morgan fingerprint density at radius 3 is 3.06 bits per heavy atom. The van der Waals surface area contributed by atoms with Crippen molar-refractivity contribution in [1.82, 2.24) is 15.1 Å². The number of pyridine rings is 1. The van der Waals surface area contributed by atoms with Crippen molar-refractivity contribution >= 4 is 17.6 Å². The summed E-state index contributed by atoms with van der Waals surface area (Å²) in [6, 6.07) is 3.41. The van der Waals surface area contributed by atoms with E-state index in [0.29, 0.717) is 11.4 Å². The second kappa shape index (κ2) is 4.92. The molecule has 0 aliphatic rings. The van der Waals surface area contributed by atoms with Crippen LogP contribution < -0.4 is 0 Å². The van der Waals surface area contributed by atoms with E-state index >= 15 is 0 Å². The Morgan fingerprint density at radius 1 is 1.53 bits per heavy atom.